The first-order chi connectivity index (χ1) is 7.65. The SMILES string of the molecule is Nc1cnc(Cc2cc(F)ccc2F)nc1. The molecule has 0 saturated heterocycles. The highest BCUT2D eigenvalue weighted by Gasteiger charge is 2.06. The number of aromatic nitrogens is 2. The largest absolute Gasteiger partial charge is 0.396 e. The van der Waals surface area contributed by atoms with Crippen LogP contribution in [0.2, 0.25) is 0 Å². The average molecular weight is 221 g/mol. The van der Waals surface area contributed by atoms with Crippen LogP contribution in [-0.2, 0) is 6.42 Å². The van der Waals surface area contributed by atoms with E-state index in [0.717, 1.165) is 18.2 Å². The molecule has 3 nitrogen and oxygen atoms in total. The van der Waals surface area contributed by atoms with Crippen molar-refractivity contribution >= 4 is 5.69 Å². The Morgan fingerprint density at radius 1 is 1.12 bits per heavy atom. The van der Waals surface area contributed by atoms with Gasteiger partial charge in [0.1, 0.15) is 17.5 Å². The predicted octanol–water partition coefficient (Wildman–Crippen LogP) is 1.93. The number of benzene rings is 1. The molecular weight excluding hydrogens is 212 g/mol. The molecule has 2 rings (SSSR count). The van der Waals surface area contributed by atoms with Crippen molar-refractivity contribution in [3.05, 3.63) is 53.6 Å². The minimum atomic E-state index is -0.480. The fourth-order valence-corrected chi connectivity index (χ4v) is 1.31. The number of hydrogen-bond donors (Lipinski definition) is 1. The van der Waals surface area contributed by atoms with E-state index in [1.165, 1.54) is 12.4 Å². The molecule has 2 N–H and O–H groups in total. The van der Waals surface area contributed by atoms with Crippen molar-refractivity contribution in [2.75, 3.05) is 5.73 Å². The van der Waals surface area contributed by atoms with Crippen LogP contribution in [-0.4, -0.2) is 9.97 Å². The van der Waals surface area contributed by atoms with Gasteiger partial charge in [-0.2, -0.15) is 0 Å². The van der Waals surface area contributed by atoms with Crippen molar-refractivity contribution in [3.63, 3.8) is 0 Å². The van der Waals surface area contributed by atoms with E-state index in [2.05, 4.69) is 9.97 Å². The van der Waals surface area contributed by atoms with Crippen molar-refractivity contribution in [3.8, 4) is 0 Å². The molecule has 0 fully saturated rings. The molecule has 0 aliphatic heterocycles. The minimum absolute atomic E-state index is 0.143. The smallest absolute Gasteiger partial charge is 0.132 e. The highest BCUT2D eigenvalue weighted by Crippen LogP contribution is 2.12. The standard InChI is InChI=1S/C11H9F2N3/c12-8-1-2-10(13)7(3-8)4-11-15-5-9(14)6-16-11/h1-3,5-6H,4,14H2. The van der Waals surface area contributed by atoms with Crippen LogP contribution in [0.5, 0.6) is 0 Å². The summed E-state index contributed by atoms with van der Waals surface area (Å²) in [6.45, 7) is 0. The number of halogens is 2. The maximum Gasteiger partial charge on any atom is 0.132 e. The maximum atomic E-state index is 13.3. The van der Waals surface area contributed by atoms with E-state index in [0.29, 0.717) is 11.5 Å². The van der Waals surface area contributed by atoms with Gasteiger partial charge in [-0.25, -0.2) is 18.7 Å². The first-order valence-corrected chi connectivity index (χ1v) is 4.65. The van der Waals surface area contributed by atoms with Crippen LogP contribution in [0.4, 0.5) is 14.5 Å². The number of nitrogens with zero attached hydrogens (tertiary/aromatic N) is 2. The second kappa shape index (κ2) is 4.22. The lowest BCUT2D eigenvalue weighted by Gasteiger charge is -2.02. The predicted molar refractivity (Wildman–Crippen MR) is 55.6 cm³/mol. The van der Waals surface area contributed by atoms with Gasteiger partial charge in [0, 0.05) is 6.42 Å². The third-order valence-corrected chi connectivity index (χ3v) is 2.08. The van der Waals surface area contributed by atoms with Crippen LogP contribution >= 0.6 is 0 Å². The molecule has 0 aliphatic rings. The molecule has 5 heteroatoms. The normalized spacial score (nSPS) is 10.4. The summed E-state index contributed by atoms with van der Waals surface area (Å²) in [4.78, 5) is 7.84. The summed E-state index contributed by atoms with van der Waals surface area (Å²) in [7, 11) is 0. The fourth-order valence-electron chi connectivity index (χ4n) is 1.31. The van der Waals surface area contributed by atoms with Crippen molar-refractivity contribution in [1.29, 1.82) is 0 Å². The number of nitrogens with two attached hydrogens (primary N) is 1. The van der Waals surface area contributed by atoms with Gasteiger partial charge in [0.15, 0.2) is 0 Å². The van der Waals surface area contributed by atoms with Gasteiger partial charge >= 0.3 is 0 Å². The lowest BCUT2D eigenvalue weighted by Crippen LogP contribution is -2.00. The Balaban J connectivity index is 2.26. The molecule has 0 saturated carbocycles. The topological polar surface area (TPSA) is 51.8 Å². The highest BCUT2D eigenvalue weighted by atomic mass is 19.1. The van der Waals surface area contributed by atoms with E-state index in [1.54, 1.807) is 0 Å². The first kappa shape index (κ1) is 10.5. The Morgan fingerprint density at radius 2 is 1.81 bits per heavy atom. The Kier molecular flexibility index (Phi) is 2.76. The van der Waals surface area contributed by atoms with Gasteiger partial charge in [0.2, 0.25) is 0 Å². The zero-order valence-corrected chi connectivity index (χ0v) is 8.32. The lowest BCUT2D eigenvalue weighted by molar-refractivity contribution is 0.587. The Hall–Kier alpha value is -2.04. The zero-order valence-electron chi connectivity index (χ0n) is 8.32. The Labute approximate surface area is 91.0 Å². The van der Waals surface area contributed by atoms with Gasteiger partial charge in [-0.3, -0.25) is 0 Å². The first-order valence-electron chi connectivity index (χ1n) is 4.65. The van der Waals surface area contributed by atoms with Crippen LogP contribution in [0.15, 0.2) is 30.6 Å². The van der Waals surface area contributed by atoms with Crippen molar-refractivity contribution in [1.82, 2.24) is 9.97 Å². The summed E-state index contributed by atoms with van der Waals surface area (Å²) in [5.41, 5.74) is 6.08. The molecule has 1 heterocycles. The van der Waals surface area contributed by atoms with Crippen molar-refractivity contribution in [2.24, 2.45) is 0 Å². The second-order valence-electron chi connectivity index (χ2n) is 3.35. The van der Waals surface area contributed by atoms with Crippen molar-refractivity contribution in [2.45, 2.75) is 6.42 Å². The van der Waals surface area contributed by atoms with Crippen molar-refractivity contribution < 1.29 is 8.78 Å². The van der Waals surface area contributed by atoms with Gasteiger partial charge in [-0.05, 0) is 23.8 Å². The molecule has 0 radical (unpaired) electrons. The third kappa shape index (κ3) is 2.31. The monoisotopic (exact) mass is 221 g/mol. The van der Waals surface area contributed by atoms with Crippen LogP contribution < -0.4 is 5.73 Å². The molecule has 82 valence electrons. The summed E-state index contributed by atoms with van der Waals surface area (Å²) in [6.07, 6.45) is 3.00. The van der Waals surface area contributed by atoms with Gasteiger partial charge in [-0.1, -0.05) is 0 Å². The second-order valence-corrected chi connectivity index (χ2v) is 3.35. The molecular formula is C11H9F2N3. The van der Waals surface area contributed by atoms with E-state index in [9.17, 15) is 8.78 Å². The molecule has 0 unspecified atom stereocenters. The summed E-state index contributed by atoms with van der Waals surface area (Å²) in [5, 5.41) is 0. The van der Waals surface area contributed by atoms with E-state index in [-0.39, 0.29) is 12.0 Å². The average Bonchev–Trinajstić information content (AvgIpc) is 2.27. The molecule has 0 atom stereocenters. The van der Waals surface area contributed by atoms with E-state index >= 15 is 0 Å². The maximum absolute atomic E-state index is 13.3. The number of anilines is 1. The molecule has 0 spiro atoms. The summed E-state index contributed by atoms with van der Waals surface area (Å²) < 4.78 is 26.2. The van der Waals surface area contributed by atoms with E-state index in [4.69, 9.17) is 5.73 Å². The van der Waals surface area contributed by atoms with Crippen LogP contribution in [0.25, 0.3) is 0 Å². The van der Waals surface area contributed by atoms with Gasteiger partial charge in [0.05, 0.1) is 18.1 Å². The number of hydrogen-bond acceptors (Lipinski definition) is 3. The zero-order chi connectivity index (χ0) is 11.5. The molecule has 16 heavy (non-hydrogen) atoms. The van der Waals surface area contributed by atoms with Crippen LogP contribution in [0.3, 0.4) is 0 Å². The van der Waals surface area contributed by atoms with Gasteiger partial charge < -0.3 is 5.73 Å². The quantitative estimate of drug-likeness (QED) is 0.842. The Morgan fingerprint density at radius 3 is 2.50 bits per heavy atom. The summed E-state index contributed by atoms with van der Waals surface area (Å²) in [6, 6.07) is 3.29. The summed E-state index contributed by atoms with van der Waals surface area (Å²) in [5.74, 6) is -0.549. The van der Waals surface area contributed by atoms with Gasteiger partial charge in [0.25, 0.3) is 0 Å². The van der Waals surface area contributed by atoms with Gasteiger partial charge in [-0.15, -0.1) is 0 Å². The molecule has 2 aromatic rings. The minimum Gasteiger partial charge on any atom is -0.396 e. The highest BCUT2D eigenvalue weighted by molar-refractivity contribution is 5.31. The Bertz CT molecular complexity index is 497. The molecule has 0 amide bonds. The number of rotatable bonds is 2. The summed E-state index contributed by atoms with van der Waals surface area (Å²) >= 11 is 0. The molecule has 1 aromatic heterocycles. The lowest BCUT2D eigenvalue weighted by atomic mass is 10.1. The molecule has 1 aromatic carbocycles. The van der Waals surface area contributed by atoms with E-state index < -0.39 is 11.6 Å². The number of nitrogen functional groups attached to an aromatic ring is 1. The van der Waals surface area contributed by atoms with E-state index in [1.807, 2.05) is 0 Å². The molecule has 0 aliphatic carbocycles. The molecule has 0 bridgehead atoms. The van der Waals surface area contributed by atoms with Crippen LogP contribution in [0, 0.1) is 11.6 Å². The van der Waals surface area contributed by atoms with Crippen LogP contribution in [0.1, 0.15) is 11.4 Å². The fraction of sp³-hybridized carbons (Fsp3) is 0.0909. The third-order valence-electron chi connectivity index (χ3n) is 2.08.